The molecule has 2 rings (SSSR count). The summed E-state index contributed by atoms with van der Waals surface area (Å²) in [6.45, 7) is 1.52. The van der Waals surface area contributed by atoms with Crippen LogP contribution in [0.15, 0.2) is 24.3 Å². The minimum atomic E-state index is -1.24. The maximum Gasteiger partial charge on any atom is 0.358 e. The van der Waals surface area contributed by atoms with Gasteiger partial charge in [0.1, 0.15) is 11.7 Å². The van der Waals surface area contributed by atoms with Crippen LogP contribution in [-0.4, -0.2) is 32.0 Å². The van der Waals surface area contributed by atoms with Crippen molar-refractivity contribution in [2.24, 2.45) is 5.73 Å². The third-order valence-electron chi connectivity index (χ3n) is 2.79. The fourth-order valence-electron chi connectivity index (χ4n) is 1.71. The lowest BCUT2D eigenvalue weighted by Crippen LogP contribution is -2.25. The number of aromatic carboxylic acids is 1. The molecule has 7 nitrogen and oxygen atoms in total. The molecule has 8 heteroatoms. The molecule has 1 aromatic carbocycles. The smallest absolute Gasteiger partial charge is 0.358 e. The number of aromatic nitrogens is 3. The van der Waals surface area contributed by atoms with Gasteiger partial charge in [-0.05, 0) is 19.1 Å². The summed E-state index contributed by atoms with van der Waals surface area (Å²) in [4.78, 5) is 22.5. The lowest BCUT2D eigenvalue weighted by Gasteiger charge is -2.11. The highest BCUT2D eigenvalue weighted by molar-refractivity contribution is 6.30. The van der Waals surface area contributed by atoms with Crippen LogP contribution in [0, 0.1) is 0 Å². The van der Waals surface area contributed by atoms with Crippen molar-refractivity contribution >= 4 is 23.5 Å². The zero-order chi connectivity index (χ0) is 14.9. The Morgan fingerprint density at radius 2 is 1.95 bits per heavy atom. The van der Waals surface area contributed by atoms with E-state index in [2.05, 4.69) is 10.3 Å². The van der Waals surface area contributed by atoms with E-state index in [9.17, 15) is 9.59 Å². The third kappa shape index (κ3) is 2.48. The lowest BCUT2D eigenvalue weighted by atomic mass is 10.1. The van der Waals surface area contributed by atoms with Crippen LogP contribution in [0.2, 0.25) is 5.02 Å². The molecule has 1 atom stereocenters. The number of carbonyl (C=O) groups excluding carboxylic acids is 1. The van der Waals surface area contributed by atoms with E-state index >= 15 is 0 Å². The Bertz CT molecular complexity index is 666. The Morgan fingerprint density at radius 3 is 2.45 bits per heavy atom. The second-order valence-corrected chi connectivity index (χ2v) is 4.56. The van der Waals surface area contributed by atoms with Crippen LogP contribution in [0.1, 0.15) is 23.5 Å². The summed E-state index contributed by atoms with van der Waals surface area (Å²) in [7, 11) is 0. The number of benzene rings is 1. The topological polar surface area (TPSA) is 111 Å². The predicted molar refractivity (Wildman–Crippen MR) is 71.3 cm³/mol. The number of hydrogen-bond donors (Lipinski definition) is 2. The van der Waals surface area contributed by atoms with Crippen LogP contribution < -0.4 is 5.73 Å². The molecule has 1 unspecified atom stereocenters. The second kappa shape index (κ2) is 5.30. The van der Waals surface area contributed by atoms with E-state index in [-0.39, 0.29) is 11.4 Å². The zero-order valence-electron chi connectivity index (χ0n) is 10.4. The van der Waals surface area contributed by atoms with Gasteiger partial charge in [-0.15, -0.1) is 5.10 Å². The summed E-state index contributed by atoms with van der Waals surface area (Å²) in [5, 5.41) is 17.0. The molecule has 2 aromatic rings. The minimum Gasteiger partial charge on any atom is -0.476 e. The van der Waals surface area contributed by atoms with Gasteiger partial charge in [-0.2, -0.15) is 0 Å². The van der Waals surface area contributed by atoms with E-state index in [0.29, 0.717) is 10.6 Å². The average molecular weight is 295 g/mol. The Morgan fingerprint density at radius 1 is 1.35 bits per heavy atom. The maximum atomic E-state index is 11.3. The summed E-state index contributed by atoms with van der Waals surface area (Å²) in [6, 6.07) is 5.64. The Kier molecular flexibility index (Phi) is 3.71. The van der Waals surface area contributed by atoms with E-state index in [1.807, 2.05) is 0 Å². The summed E-state index contributed by atoms with van der Waals surface area (Å²) >= 11 is 5.80. The number of halogens is 1. The van der Waals surface area contributed by atoms with E-state index in [1.54, 1.807) is 24.3 Å². The van der Waals surface area contributed by atoms with Crippen LogP contribution in [0.25, 0.3) is 11.3 Å². The van der Waals surface area contributed by atoms with Crippen molar-refractivity contribution in [3.63, 3.8) is 0 Å². The molecular weight excluding hydrogens is 284 g/mol. The number of hydrogen-bond acceptors (Lipinski definition) is 4. The molecule has 0 spiro atoms. The van der Waals surface area contributed by atoms with Gasteiger partial charge in [-0.25, -0.2) is 9.48 Å². The monoisotopic (exact) mass is 294 g/mol. The van der Waals surface area contributed by atoms with Crippen molar-refractivity contribution < 1.29 is 14.7 Å². The number of carboxylic acids is 1. The van der Waals surface area contributed by atoms with Gasteiger partial charge in [0.25, 0.3) is 0 Å². The van der Waals surface area contributed by atoms with Crippen LogP contribution in [0.3, 0.4) is 0 Å². The van der Waals surface area contributed by atoms with E-state index in [1.165, 1.54) is 11.6 Å². The molecule has 0 aliphatic rings. The molecule has 1 heterocycles. The quantitative estimate of drug-likeness (QED) is 0.884. The van der Waals surface area contributed by atoms with Crippen molar-refractivity contribution in [1.29, 1.82) is 0 Å². The normalized spacial score (nSPS) is 12.1. The highest BCUT2D eigenvalue weighted by Gasteiger charge is 2.25. The van der Waals surface area contributed by atoms with Crippen LogP contribution >= 0.6 is 11.6 Å². The number of rotatable bonds is 4. The zero-order valence-corrected chi connectivity index (χ0v) is 11.2. The summed E-state index contributed by atoms with van der Waals surface area (Å²) in [6.07, 6.45) is 0. The molecule has 0 bridgehead atoms. The molecule has 0 saturated heterocycles. The first-order valence-corrected chi connectivity index (χ1v) is 6.03. The van der Waals surface area contributed by atoms with E-state index in [4.69, 9.17) is 22.4 Å². The maximum absolute atomic E-state index is 11.3. The molecule has 3 N–H and O–H groups in total. The van der Waals surface area contributed by atoms with Gasteiger partial charge in [0.15, 0.2) is 5.69 Å². The predicted octanol–water partition coefficient (Wildman–Crippen LogP) is 1.34. The second-order valence-electron chi connectivity index (χ2n) is 4.12. The van der Waals surface area contributed by atoms with Gasteiger partial charge < -0.3 is 10.8 Å². The molecule has 0 aliphatic carbocycles. The lowest BCUT2D eigenvalue weighted by molar-refractivity contribution is -0.120. The highest BCUT2D eigenvalue weighted by atomic mass is 35.5. The molecule has 1 amide bonds. The number of carbonyl (C=O) groups is 2. The average Bonchev–Trinajstić information content (AvgIpc) is 2.83. The van der Waals surface area contributed by atoms with Crippen molar-refractivity contribution in [3.8, 4) is 11.3 Å². The number of carboxylic acid groups (broad SMARTS) is 1. The largest absolute Gasteiger partial charge is 0.476 e. The summed E-state index contributed by atoms with van der Waals surface area (Å²) < 4.78 is 1.19. The molecule has 1 aromatic heterocycles. The van der Waals surface area contributed by atoms with Crippen LogP contribution in [0.5, 0.6) is 0 Å². The molecular formula is C12H11ClN4O3. The molecule has 104 valence electrons. The number of amides is 1. The SMILES string of the molecule is CC(C(N)=O)n1nnc(C(=O)O)c1-c1ccc(Cl)cc1. The Hall–Kier alpha value is -2.41. The number of nitrogens with two attached hydrogens (primary N) is 1. The van der Waals surface area contributed by atoms with Crippen molar-refractivity contribution in [3.05, 3.63) is 35.0 Å². The first-order chi connectivity index (χ1) is 9.41. The van der Waals surface area contributed by atoms with Gasteiger partial charge in [0.2, 0.25) is 5.91 Å². The van der Waals surface area contributed by atoms with E-state index < -0.39 is 17.9 Å². The van der Waals surface area contributed by atoms with Crippen molar-refractivity contribution in [1.82, 2.24) is 15.0 Å². The fraction of sp³-hybridized carbons (Fsp3) is 0.167. The Balaban J connectivity index is 2.64. The molecule has 0 fully saturated rings. The standard InChI is InChI=1S/C12H11ClN4O3/c1-6(11(14)18)17-10(9(12(19)20)15-16-17)7-2-4-8(13)5-3-7/h2-6H,1H3,(H2,14,18)(H,19,20). The highest BCUT2D eigenvalue weighted by Crippen LogP contribution is 2.26. The van der Waals surface area contributed by atoms with Gasteiger partial charge in [0, 0.05) is 10.6 Å². The first-order valence-electron chi connectivity index (χ1n) is 5.65. The summed E-state index contributed by atoms with van der Waals surface area (Å²) in [5.41, 5.74) is 5.72. The van der Waals surface area contributed by atoms with Crippen LogP contribution in [-0.2, 0) is 4.79 Å². The van der Waals surface area contributed by atoms with Gasteiger partial charge in [-0.1, -0.05) is 28.9 Å². The number of primary amides is 1. The van der Waals surface area contributed by atoms with Crippen molar-refractivity contribution in [2.45, 2.75) is 13.0 Å². The number of nitrogens with zero attached hydrogens (tertiary/aromatic N) is 3. The first kappa shape index (κ1) is 14.0. The molecule has 0 saturated carbocycles. The molecule has 20 heavy (non-hydrogen) atoms. The van der Waals surface area contributed by atoms with Crippen molar-refractivity contribution in [2.75, 3.05) is 0 Å². The van der Waals surface area contributed by atoms with E-state index in [0.717, 1.165) is 0 Å². The van der Waals surface area contributed by atoms with Gasteiger partial charge in [-0.3, -0.25) is 4.79 Å². The third-order valence-corrected chi connectivity index (χ3v) is 3.05. The molecule has 0 aliphatic heterocycles. The Labute approximate surface area is 119 Å². The molecule has 0 radical (unpaired) electrons. The fourth-order valence-corrected chi connectivity index (χ4v) is 1.83. The van der Waals surface area contributed by atoms with Gasteiger partial charge >= 0.3 is 5.97 Å². The minimum absolute atomic E-state index is 0.209. The van der Waals surface area contributed by atoms with Crippen LogP contribution in [0.4, 0.5) is 0 Å². The van der Waals surface area contributed by atoms with Gasteiger partial charge in [0.05, 0.1) is 0 Å². The summed E-state index contributed by atoms with van der Waals surface area (Å²) in [5.74, 6) is -1.88.